The van der Waals surface area contributed by atoms with Gasteiger partial charge in [-0.25, -0.2) is 0 Å². The Hall–Kier alpha value is -2.50. The second-order valence-corrected chi connectivity index (χ2v) is 4.75. The van der Waals surface area contributed by atoms with Crippen LogP contribution in [-0.4, -0.2) is 17.6 Å². The fourth-order valence-corrected chi connectivity index (χ4v) is 1.90. The van der Waals surface area contributed by atoms with Gasteiger partial charge in [-0.3, -0.25) is 4.79 Å². The Morgan fingerprint density at radius 3 is 2.14 bits per heavy atom. The lowest BCUT2D eigenvalue weighted by molar-refractivity contribution is -0.137. The zero-order chi connectivity index (χ0) is 16.2. The summed E-state index contributed by atoms with van der Waals surface area (Å²) in [6, 6.07) is 10.6. The Labute approximate surface area is 125 Å². The fourth-order valence-electron chi connectivity index (χ4n) is 1.90. The van der Waals surface area contributed by atoms with Crippen molar-refractivity contribution in [3.8, 4) is 5.75 Å². The molecule has 0 unspecified atom stereocenters. The second kappa shape index (κ2) is 6.51. The highest BCUT2D eigenvalue weighted by Gasteiger charge is 2.29. The lowest BCUT2D eigenvalue weighted by Crippen LogP contribution is -2.25. The van der Waals surface area contributed by atoms with Gasteiger partial charge in [-0.05, 0) is 48.4 Å². The molecule has 0 aromatic heterocycles. The molecule has 2 rings (SSSR count). The maximum atomic E-state index is 12.4. The van der Waals surface area contributed by atoms with Crippen LogP contribution in [0.3, 0.4) is 0 Å². The highest BCUT2D eigenvalue weighted by Crippen LogP contribution is 2.29. The van der Waals surface area contributed by atoms with Crippen LogP contribution < -0.4 is 5.32 Å². The summed E-state index contributed by atoms with van der Waals surface area (Å²) < 4.78 is 37.3. The molecular formula is C16H14F3NO2. The molecule has 0 fully saturated rings. The van der Waals surface area contributed by atoms with E-state index in [1.807, 2.05) is 0 Å². The van der Waals surface area contributed by atoms with Crippen LogP contribution in [-0.2, 0) is 12.6 Å². The van der Waals surface area contributed by atoms with Crippen LogP contribution in [0.15, 0.2) is 48.5 Å². The van der Waals surface area contributed by atoms with E-state index in [0.717, 1.165) is 12.1 Å². The molecule has 0 aliphatic rings. The number of alkyl halides is 3. The van der Waals surface area contributed by atoms with Gasteiger partial charge >= 0.3 is 6.18 Å². The average molecular weight is 309 g/mol. The molecule has 22 heavy (non-hydrogen) atoms. The molecule has 2 aromatic carbocycles. The third kappa shape index (κ3) is 4.25. The summed E-state index contributed by atoms with van der Waals surface area (Å²) in [7, 11) is 0. The number of amides is 1. The molecule has 3 nitrogen and oxygen atoms in total. The SMILES string of the molecule is O=C(NCCc1ccc(C(F)(F)F)cc1)c1ccc(O)cc1. The molecule has 0 saturated carbocycles. The minimum Gasteiger partial charge on any atom is -0.508 e. The maximum Gasteiger partial charge on any atom is 0.416 e. The number of nitrogens with one attached hydrogen (secondary N) is 1. The first-order chi connectivity index (χ1) is 10.4. The molecule has 0 atom stereocenters. The number of benzene rings is 2. The van der Waals surface area contributed by atoms with E-state index in [1.165, 1.54) is 36.4 Å². The zero-order valence-corrected chi connectivity index (χ0v) is 11.5. The van der Waals surface area contributed by atoms with Gasteiger partial charge in [0.25, 0.3) is 5.91 Å². The van der Waals surface area contributed by atoms with Crippen molar-refractivity contribution in [3.05, 3.63) is 65.2 Å². The summed E-state index contributed by atoms with van der Waals surface area (Å²) in [6.45, 7) is 0.311. The van der Waals surface area contributed by atoms with Crippen LogP contribution in [0, 0.1) is 0 Å². The van der Waals surface area contributed by atoms with Gasteiger partial charge in [0.2, 0.25) is 0 Å². The molecule has 6 heteroatoms. The van der Waals surface area contributed by atoms with Gasteiger partial charge < -0.3 is 10.4 Å². The van der Waals surface area contributed by atoms with Gasteiger partial charge in [0.1, 0.15) is 5.75 Å². The Bertz CT molecular complexity index is 634. The van der Waals surface area contributed by atoms with E-state index in [4.69, 9.17) is 5.11 Å². The Morgan fingerprint density at radius 1 is 1.00 bits per heavy atom. The van der Waals surface area contributed by atoms with Crippen LogP contribution in [0.25, 0.3) is 0 Å². The molecule has 0 saturated heterocycles. The number of halogens is 3. The zero-order valence-electron chi connectivity index (χ0n) is 11.5. The lowest BCUT2D eigenvalue weighted by atomic mass is 10.1. The summed E-state index contributed by atoms with van der Waals surface area (Å²) in [5, 5.41) is 11.8. The van der Waals surface area contributed by atoms with Crippen molar-refractivity contribution >= 4 is 5.91 Å². The normalized spacial score (nSPS) is 11.2. The highest BCUT2D eigenvalue weighted by atomic mass is 19.4. The van der Waals surface area contributed by atoms with Gasteiger partial charge in [0, 0.05) is 12.1 Å². The third-order valence-corrected chi connectivity index (χ3v) is 3.11. The number of phenolic OH excluding ortho intramolecular Hbond substituents is 1. The predicted molar refractivity (Wildman–Crippen MR) is 75.6 cm³/mol. The maximum absolute atomic E-state index is 12.4. The smallest absolute Gasteiger partial charge is 0.416 e. The minimum atomic E-state index is -4.34. The summed E-state index contributed by atoms with van der Waals surface area (Å²) in [4.78, 5) is 11.8. The number of hydrogen-bond acceptors (Lipinski definition) is 2. The van der Waals surface area contributed by atoms with E-state index in [1.54, 1.807) is 0 Å². The molecule has 0 radical (unpaired) electrons. The Morgan fingerprint density at radius 2 is 1.59 bits per heavy atom. The van der Waals surface area contributed by atoms with Crippen molar-refractivity contribution in [1.82, 2.24) is 5.32 Å². The van der Waals surface area contributed by atoms with Crippen LogP contribution in [0.1, 0.15) is 21.5 Å². The molecule has 1 amide bonds. The Kier molecular flexibility index (Phi) is 4.70. The monoisotopic (exact) mass is 309 g/mol. The summed E-state index contributed by atoms with van der Waals surface area (Å²) in [5.41, 5.74) is 0.425. The van der Waals surface area contributed by atoms with E-state index in [2.05, 4.69) is 5.32 Å². The van der Waals surface area contributed by atoms with E-state index >= 15 is 0 Å². The molecular weight excluding hydrogens is 295 g/mol. The molecule has 0 spiro atoms. The number of hydrogen-bond donors (Lipinski definition) is 2. The number of carbonyl (C=O) groups excluding carboxylic acids is 1. The molecule has 116 valence electrons. The van der Waals surface area contributed by atoms with Gasteiger partial charge in [-0.15, -0.1) is 0 Å². The summed E-state index contributed by atoms with van der Waals surface area (Å²) in [6.07, 6.45) is -3.91. The molecule has 2 aromatic rings. The topological polar surface area (TPSA) is 49.3 Å². The molecule has 0 aliphatic carbocycles. The first-order valence-corrected chi connectivity index (χ1v) is 6.59. The van der Waals surface area contributed by atoms with Crippen molar-refractivity contribution in [3.63, 3.8) is 0 Å². The summed E-state index contributed by atoms with van der Waals surface area (Å²) in [5.74, 6) is -0.229. The molecule has 0 aliphatic heterocycles. The van der Waals surface area contributed by atoms with Gasteiger partial charge in [-0.1, -0.05) is 12.1 Å². The van der Waals surface area contributed by atoms with Crippen molar-refractivity contribution < 1.29 is 23.1 Å². The average Bonchev–Trinajstić information content (AvgIpc) is 2.47. The van der Waals surface area contributed by atoms with Crippen LogP contribution in [0.5, 0.6) is 5.75 Å². The first-order valence-electron chi connectivity index (χ1n) is 6.59. The largest absolute Gasteiger partial charge is 0.508 e. The van der Waals surface area contributed by atoms with E-state index in [-0.39, 0.29) is 11.7 Å². The Balaban J connectivity index is 1.86. The van der Waals surface area contributed by atoms with Gasteiger partial charge in [0.05, 0.1) is 5.56 Å². The first kappa shape index (κ1) is 15.9. The van der Waals surface area contributed by atoms with Crippen LogP contribution in [0.2, 0.25) is 0 Å². The standard InChI is InChI=1S/C16H14F3NO2/c17-16(18,19)13-5-1-11(2-6-13)9-10-20-15(22)12-3-7-14(21)8-4-12/h1-8,21H,9-10H2,(H,20,22). The summed E-state index contributed by atoms with van der Waals surface area (Å²) >= 11 is 0. The van der Waals surface area contributed by atoms with Gasteiger partial charge in [0.15, 0.2) is 0 Å². The molecule has 0 heterocycles. The fraction of sp³-hybridized carbons (Fsp3) is 0.188. The highest BCUT2D eigenvalue weighted by molar-refractivity contribution is 5.94. The van der Waals surface area contributed by atoms with E-state index < -0.39 is 11.7 Å². The number of aromatic hydroxyl groups is 1. The van der Waals surface area contributed by atoms with Crippen molar-refractivity contribution in [2.24, 2.45) is 0 Å². The van der Waals surface area contributed by atoms with Crippen LogP contribution in [0.4, 0.5) is 13.2 Å². The third-order valence-electron chi connectivity index (χ3n) is 3.11. The van der Waals surface area contributed by atoms with Gasteiger partial charge in [-0.2, -0.15) is 13.2 Å². The van der Waals surface area contributed by atoms with Crippen molar-refractivity contribution in [2.45, 2.75) is 12.6 Å². The number of phenols is 1. The predicted octanol–water partition coefficient (Wildman–Crippen LogP) is 3.38. The quantitative estimate of drug-likeness (QED) is 0.909. The lowest BCUT2D eigenvalue weighted by Gasteiger charge is -2.08. The van der Waals surface area contributed by atoms with Crippen molar-refractivity contribution in [1.29, 1.82) is 0 Å². The van der Waals surface area contributed by atoms with Crippen molar-refractivity contribution in [2.75, 3.05) is 6.54 Å². The van der Waals surface area contributed by atoms with Crippen LogP contribution >= 0.6 is 0 Å². The molecule has 2 N–H and O–H groups in total. The van der Waals surface area contributed by atoms with E-state index in [0.29, 0.717) is 24.1 Å². The number of rotatable bonds is 4. The second-order valence-electron chi connectivity index (χ2n) is 4.75. The van der Waals surface area contributed by atoms with E-state index in [9.17, 15) is 18.0 Å². The molecule has 0 bridgehead atoms. The minimum absolute atomic E-state index is 0.0707. The number of carbonyl (C=O) groups is 1.